The van der Waals surface area contributed by atoms with Gasteiger partial charge in [0, 0.05) is 30.9 Å². The lowest BCUT2D eigenvalue weighted by molar-refractivity contribution is -0.154. The van der Waals surface area contributed by atoms with E-state index in [-0.39, 0.29) is 36.4 Å². The molecule has 7 nitrogen and oxygen atoms in total. The van der Waals surface area contributed by atoms with E-state index < -0.39 is 23.2 Å². The van der Waals surface area contributed by atoms with Crippen LogP contribution in [0.4, 0.5) is 0 Å². The molecule has 4 rings (SSSR count). The monoisotopic (exact) mass is 611 g/mol. The van der Waals surface area contributed by atoms with Gasteiger partial charge in [-0.3, -0.25) is 14.4 Å². The van der Waals surface area contributed by atoms with E-state index in [9.17, 15) is 19.2 Å². The van der Waals surface area contributed by atoms with Crippen molar-refractivity contribution in [3.05, 3.63) is 107 Å². The fourth-order valence-corrected chi connectivity index (χ4v) is 5.69. The molecule has 238 valence electrons. The van der Waals surface area contributed by atoms with E-state index in [4.69, 9.17) is 9.47 Å². The number of hydrogen-bond donors (Lipinski definition) is 0. The standard InChI is InChI=1S/C38H45NO6/c1-37(2,3)44-33(41)23-18-26-14-19-29(20-15-26)35(42)39-24-10-13-31(28-11-8-7-9-12-28)34(39)32(40)25-27-16-21-30(22-17-27)36(43)45-38(4,5)6/h7-9,11-12,14-17,19-22,31,34H,10,13,18,23-25H2,1-6H3. The van der Waals surface area contributed by atoms with Gasteiger partial charge in [0.1, 0.15) is 11.2 Å². The minimum absolute atomic E-state index is 0.0455. The zero-order valence-electron chi connectivity index (χ0n) is 27.3. The number of carbonyl (C=O) groups is 4. The minimum Gasteiger partial charge on any atom is -0.460 e. The first-order valence-electron chi connectivity index (χ1n) is 15.7. The summed E-state index contributed by atoms with van der Waals surface area (Å²) in [6.45, 7) is 11.5. The number of ether oxygens (including phenoxy) is 2. The molecular weight excluding hydrogens is 566 g/mol. The van der Waals surface area contributed by atoms with Crippen LogP contribution in [0.5, 0.6) is 0 Å². The minimum atomic E-state index is -0.633. The maximum absolute atomic E-state index is 14.1. The van der Waals surface area contributed by atoms with Crippen LogP contribution in [-0.4, -0.2) is 52.3 Å². The smallest absolute Gasteiger partial charge is 0.338 e. The SMILES string of the molecule is CC(C)(C)OC(=O)CCc1ccc(C(=O)N2CCCC(c3ccccc3)C2C(=O)Cc2ccc(C(=O)OC(C)(C)C)cc2)cc1. The Balaban J connectivity index is 1.52. The molecule has 0 aliphatic carbocycles. The predicted molar refractivity (Wildman–Crippen MR) is 174 cm³/mol. The van der Waals surface area contributed by atoms with Gasteiger partial charge in [-0.15, -0.1) is 0 Å². The third-order valence-electron chi connectivity index (χ3n) is 7.66. The van der Waals surface area contributed by atoms with Crippen LogP contribution < -0.4 is 0 Å². The second-order valence-electron chi connectivity index (χ2n) is 13.7. The second kappa shape index (κ2) is 14.2. The van der Waals surface area contributed by atoms with Gasteiger partial charge in [-0.05, 0) is 102 Å². The Morgan fingerprint density at radius 2 is 1.31 bits per heavy atom. The summed E-state index contributed by atoms with van der Waals surface area (Å²) in [5.41, 5.74) is 2.53. The number of nitrogens with zero attached hydrogens (tertiary/aromatic N) is 1. The summed E-state index contributed by atoms with van der Waals surface area (Å²) < 4.78 is 10.9. The zero-order chi connectivity index (χ0) is 32.8. The highest BCUT2D eigenvalue weighted by atomic mass is 16.6. The van der Waals surface area contributed by atoms with Gasteiger partial charge in [-0.1, -0.05) is 54.6 Å². The number of carbonyl (C=O) groups excluding carboxylic acids is 4. The number of rotatable bonds is 9. The van der Waals surface area contributed by atoms with E-state index >= 15 is 0 Å². The van der Waals surface area contributed by atoms with Crippen molar-refractivity contribution in [3.8, 4) is 0 Å². The summed E-state index contributed by atoms with van der Waals surface area (Å²) in [5.74, 6) is -1.04. The van der Waals surface area contributed by atoms with Crippen molar-refractivity contribution in [2.45, 2.75) is 96.8 Å². The van der Waals surface area contributed by atoms with Gasteiger partial charge in [0.15, 0.2) is 5.78 Å². The summed E-state index contributed by atoms with van der Waals surface area (Å²) in [5, 5.41) is 0. The van der Waals surface area contributed by atoms with E-state index in [1.807, 2.05) is 84.0 Å². The molecule has 1 aliphatic heterocycles. The third-order valence-corrected chi connectivity index (χ3v) is 7.66. The highest BCUT2D eigenvalue weighted by molar-refractivity contribution is 5.99. The first kappa shape index (κ1) is 33.6. The molecule has 45 heavy (non-hydrogen) atoms. The fourth-order valence-electron chi connectivity index (χ4n) is 5.69. The van der Waals surface area contributed by atoms with Gasteiger partial charge in [0.25, 0.3) is 5.91 Å². The molecule has 7 heteroatoms. The lowest BCUT2D eigenvalue weighted by Crippen LogP contribution is -2.52. The fraction of sp³-hybridized carbons (Fsp3) is 0.421. The number of ketones is 1. The molecule has 0 N–H and O–H groups in total. The van der Waals surface area contributed by atoms with Crippen molar-refractivity contribution < 1.29 is 28.7 Å². The number of likely N-dealkylation sites (tertiary alicyclic amines) is 1. The first-order chi connectivity index (χ1) is 21.2. The number of amides is 1. The van der Waals surface area contributed by atoms with Crippen molar-refractivity contribution in [1.82, 2.24) is 4.90 Å². The number of aryl methyl sites for hydroxylation is 1. The molecule has 0 bridgehead atoms. The van der Waals surface area contributed by atoms with E-state index in [0.717, 1.165) is 29.5 Å². The quantitative estimate of drug-likeness (QED) is 0.240. The average Bonchev–Trinajstić information content (AvgIpc) is 2.98. The highest BCUT2D eigenvalue weighted by Gasteiger charge is 2.40. The summed E-state index contributed by atoms with van der Waals surface area (Å²) in [6.07, 6.45) is 2.48. The summed E-state index contributed by atoms with van der Waals surface area (Å²) >= 11 is 0. The van der Waals surface area contributed by atoms with Crippen LogP contribution in [0.25, 0.3) is 0 Å². The van der Waals surface area contributed by atoms with Crippen molar-refractivity contribution in [3.63, 3.8) is 0 Å². The molecular formula is C38H45NO6. The van der Waals surface area contributed by atoms with Gasteiger partial charge in [-0.25, -0.2) is 4.79 Å². The van der Waals surface area contributed by atoms with Gasteiger partial charge in [-0.2, -0.15) is 0 Å². The molecule has 3 aromatic carbocycles. The Morgan fingerprint density at radius 3 is 1.91 bits per heavy atom. The van der Waals surface area contributed by atoms with Gasteiger partial charge >= 0.3 is 11.9 Å². The molecule has 0 aromatic heterocycles. The molecule has 0 saturated carbocycles. The van der Waals surface area contributed by atoms with E-state index in [1.54, 1.807) is 41.3 Å². The highest BCUT2D eigenvalue weighted by Crippen LogP contribution is 2.35. The molecule has 1 amide bonds. The Morgan fingerprint density at radius 1 is 0.733 bits per heavy atom. The van der Waals surface area contributed by atoms with Crippen molar-refractivity contribution in [2.75, 3.05) is 6.54 Å². The lowest BCUT2D eigenvalue weighted by Gasteiger charge is -2.41. The lowest BCUT2D eigenvalue weighted by atomic mass is 9.80. The zero-order valence-corrected chi connectivity index (χ0v) is 27.3. The van der Waals surface area contributed by atoms with Crippen LogP contribution in [0.15, 0.2) is 78.9 Å². The molecule has 2 atom stereocenters. The Bertz CT molecular complexity index is 1480. The van der Waals surface area contributed by atoms with E-state index in [0.29, 0.717) is 24.1 Å². The number of benzene rings is 3. The molecule has 1 fully saturated rings. The van der Waals surface area contributed by atoms with Crippen LogP contribution in [0.1, 0.15) is 104 Å². The van der Waals surface area contributed by atoms with Crippen molar-refractivity contribution >= 4 is 23.6 Å². The number of Topliss-reactive ketones (excluding diaryl/α,β-unsaturated/α-hetero) is 1. The average molecular weight is 612 g/mol. The van der Waals surface area contributed by atoms with Crippen molar-refractivity contribution in [1.29, 1.82) is 0 Å². The van der Waals surface area contributed by atoms with Gasteiger partial charge in [0.05, 0.1) is 11.6 Å². The summed E-state index contributed by atoms with van der Waals surface area (Å²) in [7, 11) is 0. The first-order valence-corrected chi connectivity index (χ1v) is 15.7. The van der Waals surface area contributed by atoms with Crippen LogP contribution in [0, 0.1) is 0 Å². The summed E-state index contributed by atoms with van der Waals surface area (Å²) in [6, 6.07) is 23.5. The van der Waals surface area contributed by atoms with Gasteiger partial charge < -0.3 is 14.4 Å². The Labute approximate surface area is 266 Å². The number of piperidine rings is 1. The largest absolute Gasteiger partial charge is 0.460 e. The van der Waals surface area contributed by atoms with Crippen molar-refractivity contribution in [2.24, 2.45) is 0 Å². The molecule has 3 aromatic rings. The Hall–Kier alpha value is -4.26. The maximum atomic E-state index is 14.1. The van der Waals surface area contributed by atoms with E-state index in [1.165, 1.54) is 0 Å². The van der Waals surface area contributed by atoms with Crippen LogP contribution in [0.2, 0.25) is 0 Å². The Kier molecular flexibility index (Phi) is 10.6. The predicted octanol–water partition coefficient (Wildman–Crippen LogP) is 7.12. The van der Waals surface area contributed by atoms with Crippen LogP contribution >= 0.6 is 0 Å². The third kappa shape index (κ3) is 9.61. The molecule has 1 aliphatic rings. The normalized spacial score (nSPS) is 17.0. The maximum Gasteiger partial charge on any atom is 0.338 e. The summed E-state index contributed by atoms with van der Waals surface area (Å²) in [4.78, 5) is 54.4. The van der Waals surface area contributed by atoms with Gasteiger partial charge in [0.2, 0.25) is 0 Å². The molecule has 1 heterocycles. The molecule has 1 saturated heterocycles. The second-order valence-corrected chi connectivity index (χ2v) is 13.7. The molecule has 0 spiro atoms. The van der Waals surface area contributed by atoms with Crippen LogP contribution in [0.3, 0.4) is 0 Å². The van der Waals surface area contributed by atoms with E-state index in [2.05, 4.69) is 0 Å². The number of esters is 2. The van der Waals surface area contributed by atoms with Crippen LogP contribution in [-0.2, 0) is 31.9 Å². The molecule has 2 unspecified atom stereocenters. The topological polar surface area (TPSA) is 90.0 Å². The number of hydrogen-bond acceptors (Lipinski definition) is 6. The molecule has 0 radical (unpaired) electrons.